The summed E-state index contributed by atoms with van der Waals surface area (Å²) in [6.07, 6.45) is 1.49. The molecule has 0 fully saturated rings. The molecule has 0 aliphatic heterocycles. The van der Waals surface area contributed by atoms with Crippen molar-refractivity contribution in [3.8, 4) is 5.75 Å². The fraction of sp³-hybridized carbons (Fsp3) is 0.188. The minimum absolute atomic E-state index is 0.154. The standard InChI is InChI=1S/C16H17N3O4/c1-10(18-19-16(22)13-4-3-7-17-13)11-5-6-14(23-2)12(8-11)9-15(20)21/h3-8,17H,9H2,1-2H3,(H,19,22)(H,20,21)/b18-10-. The Morgan fingerprint density at radius 2 is 2.13 bits per heavy atom. The van der Waals surface area contributed by atoms with Crippen molar-refractivity contribution in [1.82, 2.24) is 10.4 Å². The summed E-state index contributed by atoms with van der Waals surface area (Å²) in [5.74, 6) is -0.803. The summed E-state index contributed by atoms with van der Waals surface area (Å²) in [5, 5.41) is 13.0. The van der Waals surface area contributed by atoms with Gasteiger partial charge in [0.1, 0.15) is 11.4 Å². The van der Waals surface area contributed by atoms with Crippen molar-refractivity contribution in [2.24, 2.45) is 5.10 Å². The number of carboxylic acid groups (broad SMARTS) is 1. The average Bonchev–Trinajstić information content (AvgIpc) is 3.06. The van der Waals surface area contributed by atoms with Crippen molar-refractivity contribution < 1.29 is 19.4 Å². The molecule has 23 heavy (non-hydrogen) atoms. The minimum Gasteiger partial charge on any atom is -0.496 e. The number of benzene rings is 1. The summed E-state index contributed by atoms with van der Waals surface area (Å²) in [6, 6.07) is 8.47. The fourth-order valence-electron chi connectivity index (χ4n) is 2.04. The van der Waals surface area contributed by atoms with Crippen LogP contribution >= 0.6 is 0 Å². The van der Waals surface area contributed by atoms with E-state index in [-0.39, 0.29) is 12.3 Å². The number of amides is 1. The summed E-state index contributed by atoms with van der Waals surface area (Å²) in [6.45, 7) is 1.72. The number of hydrazone groups is 1. The highest BCUT2D eigenvalue weighted by Crippen LogP contribution is 2.21. The summed E-state index contributed by atoms with van der Waals surface area (Å²) >= 11 is 0. The van der Waals surface area contributed by atoms with Gasteiger partial charge in [0.15, 0.2) is 0 Å². The molecule has 0 atom stereocenters. The number of H-pyrrole nitrogens is 1. The first kappa shape index (κ1) is 16.3. The van der Waals surface area contributed by atoms with E-state index in [1.54, 1.807) is 43.5 Å². The molecule has 0 spiro atoms. The van der Waals surface area contributed by atoms with E-state index in [0.29, 0.717) is 28.3 Å². The lowest BCUT2D eigenvalue weighted by molar-refractivity contribution is -0.136. The lowest BCUT2D eigenvalue weighted by atomic mass is 10.0. The second kappa shape index (κ2) is 7.26. The third-order valence-electron chi connectivity index (χ3n) is 3.21. The first-order chi connectivity index (χ1) is 11.0. The Kier molecular flexibility index (Phi) is 5.14. The van der Waals surface area contributed by atoms with E-state index in [4.69, 9.17) is 9.84 Å². The molecule has 0 saturated carbocycles. The Morgan fingerprint density at radius 1 is 1.35 bits per heavy atom. The van der Waals surface area contributed by atoms with E-state index < -0.39 is 5.97 Å². The molecule has 120 valence electrons. The maximum Gasteiger partial charge on any atom is 0.307 e. The topological polar surface area (TPSA) is 104 Å². The summed E-state index contributed by atoms with van der Waals surface area (Å²) in [5.41, 5.74) is 4.65. The van der Waals surface area contributed by atoms with Crippen LogP contribution in [0.25, 0.3) is 0 Å². The van der Waals surface area contributed by atoms with Crippen LogP contribution in [0.3, 0.4) is 0 Å². The molecule has 0 unspecified atom stereocenters. The summed E-state index contributed by atoms with van der Waals surface area (Å²) in [4.78, 5) is 25.5. The molecule has 1 aromatic heterocycles. The largest absolute Gasteiger partial charge is 0.496 e. The first-order valence-electron chi connectivity index (χ1n) is 6.88. The lowest BCUT2D eigenvalue weighted by Gasteiger charge is -2.09. The molecule has 1 amide bonds. The van der Waals surface area contributed by atoms with E-state index in [1.165, 1.54) is 7.11 Å². The molecule has 0 bridgehead atoms. The zero-order valence-electron chi connectivity index (χ0n) is 12.8. The quantitative estimate of drug-likeness (QED) is 0.558. The Balaban J connectivity index is 2.18. The highest BCUT2D eigenvalue weighted by Gasteiger charge is 2.10. The number of hydrogen-bond acceptors (Lipinski definition) is 4. The SMILES string of the molecule is COc1ccc(/C(C)=N\NC(=O)c2ccc[nH]2)cc1CC(=O)O. The maximum absolute atomic E-state index is 11.8. The predicted molar refractivity (Wildman–Crippen MR) is 84.8 cm³/mol. The molecule has 0 radical (unpaired) electrons. The number of hydrogen-bond donors (Lipinski definition) is 3. The van der Waals surface area contributed by atoms with Crippen LogP contribution in [0.15, 0.2) is 41.6 Å². The second-order valence-electron chi connectivity index (χ2n) is 4.82. The molecule has 0 saturated heterocycles. The van der Waals surface area contributed by atoms with Crippen molar-refractivity contribution in [3.63, 3.8) is 0 Å². The molecular formula is C16H17N3O4. The van der Waals surface area contributed by atoms with Crippen LogP contribution in [-0.2, 0) is 11.2 Å². The molecule has 7 nitrogen and oxygen atoms in total. The van der Waals surface area contributed by atoms with Crippen molar-refractivity contribution in [3.05, 3.63) is 53.3 Å². The molecule has 2 aromatic rings. The predicted octanol–water partition coefficient (Wildman–Crippen LogP) is 1.80. The van der Waals surface area contributed by atoms with Gasteiger partial charge in [-0.05, 0) is 42.8 Å². The summed E-state index contributed by atoms with van der Waals surface area (Å²) < 4.78 is 5.15. The number of carbonyl (C=O) groups is 2. The number of methoxy groups -OCH3 is 1. The van der Waals surface area contributed by atoms with Gasteiger partial charge < -0.3 is 14.8 Å². The smallest absolute Gasteiger partial charge is 0.307 e. The molecule has 7 heteroatoms. The van der Waals surface area contributed by atoms with Crippen LogP contribution in [0, 0.1) is 0 Å². The van der Waals surface area contributed by atoms with Gasteiger partial charge in [-0.3, -0.25) is 9.59 Å². The highest BCUT2D eigenvalue weighted by molar-refractivity contribution is 6.00. The van der Waals surface area contributed by atoms with Crippen molar-refractivity contribution in [2.75, 3.05) is 7.11 Å². The molecule has 3 N–H and O–H groups in total. The number of aliphatic carboxylic acids is 1. The van der Waals surface area contributed by atoms with Gasteiger partial charge in [-0.2, -0.15) is 5.10 Å². The Morgan fingerprint density at radius 3 is 2.74 bits per heavy atom. The lowest BCUT2D eigenvalue weighted by Crippen LogP contribution is -2.19. The second-order valence-corrected chi connectivity index (χ2v) is 4.82. The van der Waals surface area contributed by atoms with Gasteiger partial charge in [0.2, 0.25) is 0 Å². The number of nitrogens with one attached hydrogen (secondary N) is 2. The molecule has 1 aromatic carbocycles. The number of rotatable bonds is 6. The maximum atomic E-state index is 11.8. The van der Waals surface area contributed by atoms with E-state index >= 15 is 0 Å². The van der Waals surface area contributed by atoms with Gasteiger partial charge in [0.25, 0.3) is 5.91 Å². The summed E-state index contributed by atoms with van der Waals surface area (Å²) in [7, 11) is 1.48. The third kappa shape index (κ3) is 4.19. The van der Waals surface area contributed by atoms with E-state index in [1.807, 2.05) is 0 Å². The van der Waals surface area contributed by atoms with Crippen LogP contribution in [-0.4, -0.2) is 34.8 Å². The Hall–Kier alpha value is -3.09. The number of aromatic amines is 1. The van der Waals surface area contributed by atoms with Crippen molar-refractivity contribution in [2.45, 2.75) is 13.3 Å². The monoisotopic (exact) mass is 315 g/mol. The Bertz CT molecular complexity index is 736. The molecule has 0 aliphatic carbocycles. The Labute approximate surface area is 133 Å². The number of carbonyl (C=O) groups excluding carboxylic acids is 1. The minimum atomic E-state index is -0.949. The number of nitrogens with zero attached hydrogens (tertiary/aromatic N) is 1. The zero-order chi connectivity index (χ0) is 16.8. The van der Waals surface area contributed by atoms with Crippen LogP contribution in [0.4, 0.5) is 0 Å². The first-order valence-corrected chi connectivity index (χ1v) is 6.88. The fourth-order valence-corrected chi connectivity index (χ4v) is 2.04. The normalized spacial score (nSPS) is 11.1. The van der Waals surface area contributed by atoms with Gasteiger partial charge in [0.05, 0.1) is 19.2 Å². The zero-order valence-corrected chi connectivity index (χ0v) is 12.8. The van der Waals surface area contributed by atoms with Crippen LogP contribution < -0.4 is 10.2 Å². The van der Waals surface area contributed by atoms with E-state index in [0.717, 1.165) is 0 Å². The van der Waals surface area contributed by atoms with Crippen LogP contribution in [0.2, 0.25) is 0 Å². The van der Waals surface area contributed by atoms with Gasteiger partial charge in [-0.25, -0.2) is 5.43 Å². The average molecular weight is 315 g/mol. The van der Waals surface area contributed by atoms with E-state index in [9.17, 15) is 9.59 Å². The molecule has 1 heterocycles. The van der Waals surface area contributed by atoms with Gasteiger partial charge >= 0.3 is 5.97 Å². The van der Waals surface area contributed by atoms with Crippen molar-refractivity contribution >= 4 is 17.6 Å². The number of carboxylic acids is 1. The number of ether oxygens (including phenoxy) is 1. The molecule has 0 aliphatic rings. The van der Waals surface area contributed by atoms with Gasteiger partial charge in [-0.1, -0.05) is 0 Å². The van der Waals surface area contributed by atoms with Gasteiger partial charge in [0, 0.05) is 11.8 Å². The highest BCUT2D eigenvalue weighted by atomic mass is 16.5. The molecular weight excluding hydrogens is 298 g/mol. The number of aromatic nitrogens is 1. The van der Waals surface area contributed by atoms with Crippen LogP contribution in [0.1, 0.15) is 28.5 Å². The van der Waals surface area contributed by atoms with Crippen LogP contribution in [0.5, 0.6) is 5.75 Å². The molecule has 2 rings (SSSR count). The van der Waals surface area contributed by atoms with E-state index in [2.05, 4.69) is 15.5 Å². The van der Waals surface area contributed by atoms with Gasteiger partial charge in [-0.15, -0.1) is 0 Å². The van der Waals surface area contributed by atoms with Crippen molar-refractivity contribution in [1.29, 1.82) is 0 Å². The third-order valence-corrected chi connectivity index (χ3v) is 3.21.